The number of aromatic amines is 1. The van der Waals surface area contributed by atoms with Gasteiger partial charge in [0.25, 0.3) is 0 Å². The van der Waals surface area contributed by atoms with E-state index in [-0.39, 0.29) is 0 Å². The van der Waals surface area contributed by atoms with Crippen molar-refractivity contribution in [2.24, 2.45) is 0 Å². The van der Waals surface area contributed by atoms with Crippen molar-refractivity contribution in [2.45, 2.75) is 25.3 Å². The van der Waals surface area contributed by atoms with Crippen molar-refractivity contribution in [1.29, 1.82) is 0 Å². The first-order valence-electron chi connectivity index (χ1n) is 5.60. The highest BCUT2D eigenvalue weighted by atomic mass is 15.1. The monoisotopic (exact) mass is 201 g/mol. The maximum atomic E-state index is 4.10. The Morgan fingerprint density at radius 3 is 3.13 bits per heavy atom. The lowest BCUT2D eigenvalue weighted by atomic mass is 9.95. The van der Waals surface area contributed by atoms with Crippen LogP contribution in [0.2, 0.25) is 0 Å². The molecule has 1 aromatic heterocycles. The molecule has 1 fully saturated rings. The maximum absolute atomic E-state index is 4.10. The Kier molecular flexibility index (Phi) is 2.18. The molecular weight excluding hydrogens is 186 g/mol. The molecular formula is C12H15N3. The third kappa shape index (κ3) is 1.53. The van der Waals surface area contributed by atoms with Gasteiger partial charge in [0.1, 0.15) is 0 Å². The molecule has 0 spiro atoms. The van der Waals surface area contributed by atoms with Crippen LogP contribution in [0.1, 0.15) is 30.9 Å². The lowest BCUT2D eigenvalue weighted by molar-refractivity contribution is 0.414. The Hall–Kier alpha value is -1.35. The van der Waals surface area contributed by atoms with Crippen molar-refractivity contribution in [3.63, 3.8) is 0 Å². The van der Waals surface area contributed by atoms with Gasteiger partial charge < -0.3 is 5.32 Å². The Morgan fingerprint density at radius 1 is 1.27 bits per heavy atom. The van der Waals surface area contributed by atoms with Crippen molar-refractivity contribution in [2.75, 3.05) is 6.54 Å². The van der Waals surface area contributed by atoms with Crippen LogP contribution in [0.15, 0.2) is 24.4 Å². The molecule has 2 aromatic rings. The summed E-state index contributed by atoms with van der Waals surface area (Å²) in [6.45, 7) is 1.14. The molecule has 1 atom stereocenters. The summed E-state index contributed by atoms with van der Waals surface area (Å²) in [6.07, 6.45) is 5.80. The normalized spacial score (nSPS) is 22.0. The third-order valence-corrected chi connectivity index (χ3v) is 3.20. The second-order valence-corrected chi connectivity index (χ2v) is 4.18. The van der Waals surface area contributed by atoms with Crippen LogP contribution in [0.25, 0.3) is 10.9 Å². The summed E-state index contributed by atoms with van der Waals surface area (Å²) in [5.41, 5.74) is 2.53. The number of hydrogen-bond donors (Lipinski definition) is 2. The van der Waals surface area contributed by atoms with Crippen LogP contribution < -0.4 is 5.32 Å². The SMILES string of the molecule is c1cc([C@@H]2CCCCN2)c2cn[nH]c2c1. The average Bonchev–Trinajstić information content (AvgIpc) is 2.78. The number of aromatic nitrogens is 2. The van der Waals surface area contributed by atoms with Crippen molar-refractivity contribution < 1.29 is 0 Å². The number of hydrogen-bond acceptors (Lipinski definition) is 2. The predicted octanol–water partition coefficient (Wildman–Crippen LogP) is 2.38. The summed E-state index contributed by atoms with van der Waals surface area (Å²) in [5.74, 6) is 0. The van der Waals surface area contributed by atoms with E-state index in [9.17, 15) is 0 Å². The average molecular weight is 201 g/mol. The molecule has 1 aliphatic rings. The second kappa shape index (κ2) is 3.66. The molecule has 1 aliphatic heterocycles. The smallest absolute Gasteiger partial charge is 0.0653 e. The standard InChI is InChI=1S/C12H15N3/c1-2-7-13-11(5-1)9-4-3-6-12-10(9)8-14-15-12/h3-4,6,8,11,13H,1-2,5,7H2,(H,14,15)/t11-/m0/s1. The first kappa shape index (κ1) is 8.92. The lowest BCUT2D eigenvalue weighted by Crippen LogP contribution is -2.26. The van der Waals surface area contributed by atoms with E-state index in [1.165, 1.54) is 30.2 Å². The summed E-state index contributed by atoms with van der Waals surface area (Å²) in [4.78, 5) is 0. The van der Waals surface area contributed by atoms with E-state index in [4.69, 9.17) is 0 Å². The van der Waals surface area contributed by atoms with Crippen LogP contribution in [0.4, 0.5) is 0 Å². The minimum absolute atomic E-state index is 0.514. The van der Waals surface area contributed by atoms with Gasteiger partial charge in [-0.1, -0.05) is 18.6 Å². The van der Waals surface area contributed by atoms with Crippen molar-refractivity contribution >= 4 is 10.9 Å². The van der Waals surface area contributed by atoms with Gasteiger partial charge >= 0.3 is 0 Å². The molecule has 0 amide bonds. The summed E-state index contributed by atoms with van der Waals surface area (Å²) < 4.78 is 0. The number of nitrogens with one attached hydrogen (secondary N) is 2. The number of rotatable bonds is 1. The number of nitrogens with zero attached hydrogens (tertiary/aromatic N) is 1. The number of benzene rings is 1. The molecule has 1 aromatic carbocycles. The first-order chi connectivity index (χ1) is 7.45. The quantitative estimate of drug-likeness (QED) is 0.743. The van der Waals surface area contributed by atoms with Crippen LogP contribution in [0, 0.1) is 0 Å². The Morgan fingerprint density at radius 2 is 2.27 bits per heavy atom. The fourth-order valence-electron chi connectivity index (χ4n) is 2.41. The van der Waals surface area contributed by atoms with E-state index in [1.54, 1.807) is 0 Å². The topological polar surface area (TPSA) is 40.7 Å². The Bertz CT molecular complexity index is 455. The molecule has 0 radical (unpaired) electrons. The fourth-order valence-corrected chi connectivity index (χ4v) is 2.41. The molecule has 1 saturated heterocycles. The molecule has 0 bridgehead atoms. The van der Waals surface area contributed by atoms with E-state index in [1.807, 2.05) is 6.20 Å². The molecule has 2 N–H and O–H groups in total. The van der Waals surface area contributed by atoms with E-state index < -0.39 is 0 Å². The predicted molar refractivity (Wildman–Crippen MR) is 60.7 cm³/mol. The number of fused-ring (bicyclic) bond motifs is 1. The van der Waals surface area contributed by atoms with Gasteiger partial charge in [0, 0.05) is 11.4 Å². The summed E-state index contributed by atoms with van der Waals surface area (Å²) in [7, 11) is 0. The Labute approximate surface area is 88.9 Å². The molecule has 3 heteroatoms. The van der Waals surface area contributed by atoms with E-state index in [2.05, 4.69) is 33.7 Å². The highest BCUT2D eigenvalue weighted by Gasteiger charge is 2.16. The van der Waals surface area contributed by atoms with Gasteiger partial charge in [0.15, 0.2) is 0 Å². The minimum atomic E-state index is 0.514. The van der Waals surface area contributed by atoms with Crippen LogP contribution in [0.5, 0.6) is 0 Å². The summed E-state index contributed by atoms with van der Waals surface area (Å²) in [5, 5.41) is 12.0. The zero-order chi connectivity index (χ0) is 10.1. The molecule has 0 unspecified atom stereocenters. The van der Waals surface area contributed by atoms with Crippen molar-refractivity contribution in [1.82, 2.24) is 15.5 Å². The van der Waals surface area contributed by atoms with E-state index in [0.29, 0.717) is 6.04 Å². The number of H-pyrrole nitrogens is 1. The van der Waals surface area contributed by atoms with Gasteiger partial charge in [0.05, 0.1) is 11.7 Å². The molecule has 2 heterocycles. The minimum Gasteiger partial charge on any atom is -0.310 e. The maximum Gasteiger partial charge on any atom is 0.0653 e. The third-order valence-electron chi connectivity index (χ3n) is 3.20. The van der Waals surface area contributed by atoms with Gasteiger partial charge in [0.2, 0.25) is 0 Å². The highest BCUT2D eigenvalue weighted by Crippen LogP contribution is 2.28. The largest absolute Gasteiger partial charge is 0.310 e. The Balaban J connectivity index is 2.05. The van der Waals surface area contributed by atoms with E-state index >= 15 is 0 Å². The van der Waals surface area contributed by atoms with Gasteiger partial charge in [-0.25, -0.2) is 0 Å². The molecule has 0 saturated carbocycles. The molecule has 78 valence electrons. The molecule has 15 heavy (non-hydrogen) atoms. The number of piperidine rings is 1. The summed E-state index contributed by atoms with van der Waals surface area (Å²) >= 11 is 0. The highest BCUT2D eigenvalue weighted by molar-refractivity contribution is 5.82. The van der Waals surface area contributed by atoms with E-state index in [0.717, 1.165) is 12.1 Å². The van der Waals surface area contributed by atoms with Gasteiger partial charge in [-0.05, 0) is 31.0 Å². The fraction of sp³-hybridized carbons (Fsp3) is 0.417. The zero-order valence-electron chi connectivity index (χ0n) is 8.66. The van der Waals surface area contributed by atoms with Gasteiger partial charge in [-0.15, -0.1) is 0 Å². The van der Waals surface area contributed by atoms with Crippen LogP contribution in [-0.4, -0.2) is 16.7 Å². The molecule has 0 aliphatic carbocycles. The van der Waals surface area contributed by atoms with Gasteiger partial charge in [-0.3, -0.25) is 5.10 Å². The van der Waals surface area contributed by atoms with Crippen molar-refractivity contribution in [3.8, 4) is 0 Å². The second-order valence-electron chi connectivity index (χ2n) is 4.18. The van der Waals surface area contributed by atoms with Crippen LogP contribution >= 0.6 is 0 Å². The molecule has 3 rings (SSSR count). The van der Waals surface area contributed by atoms with Gasteiger partial charge in [-0.2, -0.15) is 5.10 Å². The summed E-state index contributed by atoms with van der Waals surface area (Å²) in [6, 6.07) is 6.90. The first-order valence-corrected chi connectivity index (χ1v) is 5.60. The molecule has 3 nitrogen and oxygen atoms in total. The zero-order valence-corrected chi connectivity index (χ0v) is 8.66. The van der Waals surface area contributed by atoms with Crippen LogP contribution in [-0.2, 0) is 0 Å². The lowest BCUT2D eigenvalue weighted by Gasteiger charge is -2.24. The van der Waals surface area contributed by atoms with Crippen LogP contribution in [0.3, 0.4) is 0 Å². The van der Waals surface area contributed by atoms with Crippen molar-refractivity contribution in [3.05, 3.63) is 30.0 Å².